The number of fused-ring (bicyclic) bond motifs is 7. The molecule has 0 saturated carbocycles. The van der Waals surface area contributed by atoms with Crippen molar-refractivity contribution >= 4 is 53.9 Å². The fourth-order valence-corrected chi connectivity index (χ4v) is 8.21. The Kier molecular flexibility index (Phi) is 6.60. The second-order valence-electron chi connectivity index (χ2n) is 13.2. The first-order chi connectivity index (χ1) is 24.8. The minimum atomic E-state index is 1.21. The van der Waals surface area contributed by atoms with Crippen LogP contribution in [0.25, 0.3) is 98.4 Å². The van der Waals surface area contributed by atoms with Gasteiger partial charge in [0.05, 0.1) is 0 Å². The molecule has 0 atom stereocenters. The van der Waals surface area contributed by atoms with Crippen molar-refractivity contribution in [1.82, 2.24) is 0 Å². The SMILES string of the molecule is c1ccc(-c2ccc3ccccc3c2-c2c(-c3ccccc3-c3cccc4ccccc34)ccc3c2ccc2c4ccccc4ccc32)cc1. The van der Waals surface area contributed by atoms with Gasteiger partial charge in [0.15, 0.2) is 0 Å². The molecule has 0 aliphatic rings. The van der Waals surface area contributed by atoms with Crippen LogP contribution in [0.1, 0.15) is 0 Å². The maximum atomic E-state index is 2.38. The van der Waals surface area contributed by atoms with Gasteiger partial charge in [-0.1, -0.05) is 194 Å². The van der Waals surface area contributed by atoms with Crippen molar-refractivity contribution in [3.63, 3.8) is 0 Å². The zero-order chi connectivity index (χ0) is 33.0. The molecule has 0 unspecified atom stereocenters. The Morgan fingerprint density at radius 1 is 0.180 bits per heavy atom. The molecule has 0 N–H and O–H groups in total. The van der Waals surface area contributed by atoms with Crippen LogP contribution in [-0.2, 0) is 0 Å². The van der Waals surface area contributed by atoms with E-state index in [1.165, 1.54) is 98.4 Å². The van der Waals surface area contributed by atoms with E-state index in [0.29, 0.717) is 0 Å². The van der Waals surface area contributed by atoms with Crippen LogP contribution in [0.5, 0.6) is 0 Å². The second kappa shape index (κ2) is 11.6. The van der Waals surface area contributed by atoms with Crippen molar-refractivity contribution in [2.24, 2.45) is 0 Å². The van der Waals surface area contributed by atoms with Gasteiger partial charge < -0.3 is 0 Å². The average molecular weight is 633 g/mol. The van der Waals surface area contributed by atoms with Gasteiger partial charge in [-0.05, 0) is 98.4 Å². The van der Waals surface area contributed by atoms with Crippen LogP contribution in [0.15, 0.2) is 194 Å². The highest BCUT2D eigenvalue weighted by atomic mass is 14.2. The second-order valence-corrected chi connectivity index (χ2v) is 13.2. The van der Waals surface area contributed by atoms with Gasteiger partial charge >= 0.3 is 0 Å². The van der Waals surface area contributed by atoms with Crippen molar-refractivity contribution in [3.05, 3.63) is 194 Å². The fourth-order valence-electron chi connectivity index (χ4n) is 8.21. The highest BCUT2D eigenvalue weighted by Crippen LogP contribution is 2.49. The fraction of sp³-hybridized carbons (Fsp3) is 0. The van der Waals surface area contributed by atoms with Crippen LogP contribution in [0.3, 0.4) is 0 Å². The minimum Gasteiger partial charge on any atom is -0.0622 e. The number of benzene rings is 10. The van der Waals surface area contributed by atoms with E-state index < -0.39 is 0 Å². The van der Waals surface area contributed by atoms with Crippen molar-refractivity contribution in [2.75, 3.05) is 0 Å². The summed E-state index contributed by atoms with van der Waals surface area (Å²) in [5, 5.41) is 12.6. The van der Waals surface area contributed by atoms with Crippen LogP contribution in [0.4, 0.5) is 0 Å². The van der Waals surface area contributed by atoms with E-state index in [1.54, 1.807) is 0 Å². The molecule has 0 amide bonds. The Hall–Kier alpha value is -6.50. The lowest BCUT2D eigenvalue weighted by atomic mass is 9.81. The molecule has 0 saturated heterocycles. The maximum absolute atomic E-state index is 2.38. The van der Waals surface area contributed by atoms with Crippen LogP contribution < -0.4 is 0 Å². The molecule has 0 aromatic heterocycles. The Morgan fingerprint density at radius 2 is 0.620 bits per heavy atom. The predicted octanol–water partition coefficient (Wildman–Crippen LogP) is 14.1. The lowest BCUT2D eigenvalue weighted by molar-refractivity contribution is 1.59. The maximum Gasteiger partial charge on any atom is -0.00139 e. The Morgan fingerprint density at radius 3 is 1.42 bits per heavy atom. The molecule has 0 heterocycles. The zero-order valence-corrected chi connectivity index (χ0v) is 27.5. The van der Waals surface area contributed by atoms with E-state index in [4.69, 9.17) is 0 Å². The minimum absolute atomic E-state index is 1.21. The van der Waals surface area contributed by atoms with Crippen LogP contribution in [-0.4, -0.2) is 0 Å². The third kappa shape index (κ3) is 4.46. The van der Waals surface area contributed by atoms with Gasteiger partial charge in [-0.15, -0.1) is 0 Å². The van der Waals surface area contributed by atoms with Gasteiger partial charge in [-0.3, -0.25) is 0 Å². The summed E-state index contributed by atoms with van der Waals surface area (Å²) in [6, 6.07) is 71.4. The third-order valence-electron chi connectivity index (χ3n) is 10.5. The van der Waals surface area contributed by atoms with Gasteiger partial charge in [0.2, 0.25) is 0 Å². The van der Waals surface area contributed by atoms with Crippen LogP contribution >= 0.6 is 0 Å². The molecule has 0 nitrogen and oxygen atoms in total. The zero-order valence-electron chi connectivity index (χ0n) is 27.5. The first-order valence-electron chi connectivity index (χ1n) is 17.4. The number of hydrogen-bond donors (Lipinski definition) is 0. The summed E-state index contributed by atoms with van der Waals surface area (Å²) < 4.78 is 0. The van der Waals surface area contributed by atoms with Crippen molar-refractivity contribution < 1.29 is 0 Å². The van der Waals surface area contributed by atoms with Gasteiger partial charge in [0.25, 0.3) is 0 Å². The summed E-state index contributed by atoms with van der Waals surface area (Å²) >= 11 is 0. The highest BCUT2D eigenvalue weighted by Gasteiger charge is 2.22. The van der Waals surface area contributed by atoms with Gasteiger partial charge in [-0.25, -0.2) is 0 Å². The Bertz CT molecular complexity index is 2910. The summed E-state index contributed by atoms with van der Waals surface area (Å²) in [6.45, 7) is 0. The molecule has 10 aromatic rings. The molecule has 0 fully saturated rings. The lowest BCUT2D eigenvalue weighted by Crippen LogP contribution is -1.95. The van der Waals surface area contributed by atoms with E-state index in [1.807, 2.05) is 0 Å². The largest absolute Gasteiger partial charge is 0.0622 e. The van der Waals surface area contributed by atoms with Gasteiger partial charge in [0, 0.05) is 0 Å². The molecule has 0 bridgehead atoms. The highest BCUT2D eigenvalue weighted by molar-refractivity contribution is 6.23. The van der Waals surface area contributed by atoms with E-state index in [-0.39, 0.29) is 0 Å². The summed E-state index contributed by atoms with van der Waals surface area (Å²) in [6.07, 6.45) is 0. The van der Waals surface area contributed by atoms with Gasteiger partial charge in [0.1, 0.15) is 0 Å². The first kappa shape index (κ1) is 28.5. The Labute approximate surface area is 291 Å². The quantitative estimate of drug-likeness (QED) is 0.169. The van der Waals surface area contributed by atoms with Crippen LogP contribution in [0.2, 0.25) is 0 Å². The van der Waals surface area contributed by atoms with E-state index >= 15 is 0 Å². The smallest absolute Gasteiger partial charge is 0.00139 e. The molecule has 0 heteroatoms. The molecular formula is C50H32. The monoisotopic (exact) mass is 632 g/mol. The summed E-state index contributed by atoms with van der Waals surface area (Å²) in [7, 11) is 0. The molecular weight excluding hydrogens is 601 g/mol. The first-order valence-corrected chi connectivity index (χ1v) is 17.4. The molecule has 50 heavy (non-hydrogen) atoms. The number of rotatable bonds is 4. The average Bonchev–Trinajstić information content (AvgIpc) is 3.20. The van der Waals surface area contributed by atoms with Crippen LogP contribution in [0, 0.1) is 0 Å². The van der Waals surface area contributed by atoms with Gasteiger partial charge in [-0.2, -0.15) is 0 Å². The molecule has 0 aliphatic carbocycles. The lowest BCUT2D eigenvalue weighted by Gasteiger charge is -2.22. The molecule has 0 radical (unpaired) electrons. The standard InChI is InChI=1S/C50H32/c1-2-13-34(14-3-1)40-27-25-36-17-6-9-21-39(36)49(40)50-47(43-23-11-10-22-42(43)41-24-12-18-33-15-4-7-19-37(33)41)32-30-46-45-28-26-35-16-5-8-20-38(35)44(45)29-31-48(46)50/h1-32H. The predicted molar refractivity (Wildman–Crippen MR) is 216 cm³/mol. The Balaban J connectivity index is 1.38. The molecule has 10 aromatic carbocycles. The van der Waals surface area contributed by atoms with E-state index in [2.05, 4.69) is 194 Å². The molecule has 0 aliphatic heterocycles. The summed E-state index contributed by atoms with van der Waals surface area (Å²) in [5.41, 5.74) is 9.92. The number of hydrogen-bond acceptors (Lipinski definition) is 0. The van der Waals surface area contributed by atoms with E-state index in [0.717, 1.165) is 0 Å². The van der Waals surface area contributed by atoms with Crippen molar-refractivity contribution in [2.45, 2.75) is 0 Å². The molecule has 232 valence electrons. The topological polar surface area (TPSA) is 0 Å². The summed E-state index contributed by atoms with van der Waals surface area (Å²) in [4.78, 5) is 0. The van der Waals surface area contributed by atoms with Crippen molar-refractivity contribution in [1.29, 1.82) is 0 Å². The third-order valence-corrected chi connectivity index (χ3v) is 10.5. The molecule has 0 spiro atoms. The van der Waals surface area contributed by atoms with E-state index in [9.17, 15) is 0 Å². The molecule has 10 rings (SSSR count). The summed E-state index contributed by atoms with van der Waals surface area (Å²) in [5.74, 6) is 0. The van der Waals surface area contributed by atoms with Crippen molar-refractivity contribution in [3.8, 4) is 44.5 Å². The normalized spacial score (nSPS) is 11.6.